The van der Waals surface area contributed by atoms with E-state index in [1.165, 1.54) is 0 Å². The minimum absolute atomic E-state index is 0.0193. The zero-order valence-corrected chi connectivity index (χ0v) is 18.5. The van der Waals surface area contributed by atoms with E-state index in [2.05, 4.69) is 5.32 Å². The molecule has 0 aliphatic rings. The van der Waals surface area contributed by atoms with Crippen molar-refractivity contribution in [2.75, 3.05) is 6.26 Å². The third-order valence-electron chi connectivity index (χ3n) is 4.21. The lowest BCUT2D eigenvalue weighted by Crippen LogP contribution is -2.42. The van der Waals surface area contributed by atoms with Gasteiger partial charge in [-0.05, 0) is 24.0 Å². The summed E-state index contributed by atoms with van der Waals surface area (Å²) in [7, 11) is -3.66. The largest absolute Gasteiger partial charge is 0.459 e. The van der Waals surface area contributed by atoms with E-state index in [9.17, 15) is 22.8 Å². The van der Waals surface area contributed by atoms with E-state index in [1.54, 1.807) is 36.4 Å². The van der Waals surface area contributed by atoms with E-state index in [0.29, 0.717) is 0 Å². The Balaban J connectivity index is 1.91. The van der Waals surface area contributed by atoms with Crippen molar-refractivity contribution in [1.82, 2.24) is 10.0 Å². The van der Waals surface area contributed by atoms with Crippen LogP contribution in [0.4, 0.5) is 4.79 Å². The van der Waals surface area contributed by atoms with Crippen LogP contribution in [0.5, 0.6) is 0 Å². The Morgan fingerprint density at radius 2 is 1.41 bits per heavy atom. The summed E-state index contributed by atoms with van der Waals surface area (Å²) in [6.45, 7) is 0.0424. The maximum atomic E-state index is 12.5. The van der Waals surface area contributed by atoms with Gasteiger partial charge in [-0.25, -0.2) is 18.0 Å². The van der Waals surface area contributed by atoms with Crippen molar-refractivity contribution in [1.29, 1.82) is 0 Å². The van der Waals surface area contributed by atoms with Gasteiger partial charge in [0.1, 0.15) is 19.3 Å². The summed E-state index contributed by atoms with van der Waals surface area (Å²) in [6, 6.07) is 17.0. The van der Waals surface area contributed by atoms with E-state index in [-0.39, 0.29) is 32.5 Å². The van der Waals surface area contributed by atoms with Gasteiger partial charge < -0.3 is 14.8 Å². The number of ether oxygens (including phenoxy) is 2. The lowest BCUT2D eigenvalue weighted by atomic mass is 10.1. The van der Waals surface area contributed by atoms with Crippen molar-refractivity contribution < 1.29 is 32.3 Å². The van der Waals surface area contributed by atoms with E-state index in [1.807, 2.05) is 29.0 Å². The van der Waals surface area contributed by atoms with Gasteiger partial charge in [0.2, 0.25) is 15.9 Å². The maximum absolute atomic E-state index is 12.5. The molecule has 1 atom stereocenters. The molecular weight excluding hydrogens is 436 g/mol. The second-order valence-electron chi connectivity index (χ2n) is 7.04. The molecule has 0 aliphatic carbocycles. The number of nitrogens with one attached hydrogen (secondary N) is 2. The Morgan fingerprint density at radius 1 is 0.875 bits per heavy atom. The Morgan fingerprint density at radius 3 is 1.94 bits per heavy atom. The number of amides is 2. The Kier molecular flexibility index (Phi) is 9.68. The van der Waals surface area contributed by atoms with Crippen LogP contribution in [-0.4, -0.2) is 38.7 Å². The fourth-order valence-corrected chi connectivity index (χ4v) is 3.23. The SMILES string of the molecule is CS(=O)(=O)NC(=O)CCC[C@H](NC(=O)OCc1ccccc1)C(=O)OCc1ccccc1. The smallest absolute Gasteiger partial charge is 0.408 e. The molecule has 172 valence electrons. The second-order valence-corrected chi connectivity index (χ2v) is 8.79. The van der Waals surface area contributed by atoms with Crippen LogP contribution in [0.15, 0.2) is 60.7 Å². The van der Waals surface area contributed by atoms with Gasteiger partial charge in [0.25, 0.3) is 0 Å². The molecule has 32 heavy (non-hydrogen) atoms. The third-order valence-corrected chi connectivity index (χ3v) is 4.81. The summed E-state index contributed by atoms with van der Waals surface area (Å²) in [6.07, 6.45) is 0.127. The molecule has 0 bridgehead atoms. The van der Waals surface area contributed by atoms with Crippen molar-refractivity contribution in [3.05, 3.63) is 71.8 Å². The maximum Gasteiger partial charge on any atom is 0.408 e. The molecular formula is C22H26N2O7S. The van der Waals surface area contributed by atoms with Crippen LogP contribution in [0.25, 0.3) is 0 Å². The van der Waals surface area contributed by atoms with Crippen molar-refractivity contribution in [3.8, 4) is 0 Å². The molecule has 0 saturated carbocycles. The molecule has 0 radical (unpaired) electrons. The van der Waals surface area contributed by atoms with E-state index in [0.717, 1.165) is 17.4 Å². The highest BCUT2D eigenvalue weighted by molar-refractivity contribution is 7.89. The van der Waals surface area contributed by atoms with Gasteiger partial charge in [0, 0.05) is 6.42 Å². The lowest BCUT2D eigenvalue weighted by molar-refractivity contribution is -0.147. The summed E-state index contributed by atoms with van der Waals surface area (Å²) in [5.74, 6) is -1.38. The Bertz CT molecular complexity index is 995. The molecule has 0 aromatic heterocycles. The first-order valence-electron chi connectivity index (χ1n) is 9.91. The van der Waals surface area contributed by atoms with Gasteiger partial charge >= 0.3 is 12.1 Å². The number of rotatable bonds is 11. The first kappa shape index (κ1) is 24.9. The molecule has 2 aromatic rings. The zero-order chi connectivity index (χ0) is 23.4. The lowest BCUT2D eigenvalue weighted by Gasteiger charge is -2.17. The summed E-state index contributed by atoms with van der Waals surface area (Å²) in [5, 5.41) is 2.46. The van der Waals surface area contributed by atoms with Gasteiger partial charge in [-0.1, -0.05) is 60.7 Å². The highest BCUT2D eigenvalue weighted by atomic mass is 32.2. The highest BCUT2D eigenvalue weighted by Crippen LogP contribution is 2.08. The molecule has 9 nitrogen and oxygen atoms in total. The average molecular weight is 463 g/mol. The van der Waals surface area contributed by atoms with Crippen LogP contribution < -0.4 is 10.0 Å². The molecule has 0 saturated heterocycles. The summed E-state index contributed by atoms with van der Waals surface area (Å²) < 4.78 is 34.5. The normalized spacial score (nSPS) is 11.8. The van der Waals surface area contributed by atoms with Crippen LogP contribution in [0.1, 0.15) is 30.4 Å². The second kappa shape index (κ2) is 12.5. The monoisotopic (exact) mass is 462 g/mol. The molecule has 0 fully saturated rings. The Hall–Kier alpha value is -3.40. The molecule has 2 N–H and O–H groups in total. The first-order valence-corrected chi connectivity index (χ1v) is 11.8. The molecule has 10 heteroatoms. The van der Waals surface area contributed by atoms with E-state index < -0.39 is 34.0 Å². The van der Waals surface area contributed by atoms with Crippen molar-refractivity contribution >= 4 is 28.0 Å². The van der Waals surface area contributed by atoms with E-state index >= 15 is 0 Å². The van der Waals surface area contributed by atoms with Gasteiger partial charge in [-0.3, -0.25) is 9.52 Å². The number of alkyl carbamates (subject to hydrolysis) is 1. The topological polar surface area (TPSA) is 128 Å². The molecule has 2 aromatic carbocycles. The zero-order valence-electron chi connectivity index (χ0n) is 17.7. The number of hydrogen-bond donors (Lipinski definition) is 2. The van der Waals surface area contributed by atoms with E-state index in [4.69, 9.17) is 9.47 Å². The summed E-state index contributed by atoms with van der Waals surface area (Å²) in [5.41, 5.74) is 1.56. The molecule has 2 rings (SSSR count). The van der Waals surface area contributed by atoms with Crippen LogP contribution >= 0.6 is 0 Å². The summed E-state index contributed by atoms with van der Waals surface area (Å²) in [4.78, 5) is 36.4. The first-order chi connectivity index (χ1) is 15.2. The van der Waals surface area contributed by atoms with Gasteiger partial charge in [0.15, 0.2) is 0 Å². The molecule has 0 unspecified atom stereocenters. The van der Waals surface area contributed by atoms with Crippen LogP contribution in [-0.2, 0) is 42.3 Å². The van der Waals surface area contributed by atoms with Gasteiger partial charge in [-0.2, -0.15) is 0 Å². The number of esters is 1. The van der Waals surface area contributed by atoms with Crippen molar-refractivity contribution in [2.45, 2.75) is 38.5 Å². The number of carbonyl (C=O) groups is 3. The fourth-order valence-electron chi connectivity index (χ4n) is 2.71. The molecule has 0 heterocycles. The van der Waals surface area contributed by atoms with Crippen LogP contribution in [0, 0.1) is 0 Å². The number of hydrogen-bond acceptors (Lipinski definition) is 7. The molecule has 0 aliphatic heterocycles. The summed E-state index contributed by atoms with van der Waals surface area (Å²) >= 11 is 0. The quantitative estimate of drug-likeness (QED) is 0.490. The van der Waals surface area contributed by atoms with Gasteiger partial charge in [-0.15, -0.1) is 0 Å². The standard InChI is InChI=1S/C22H26N2O7S/c1-32(28,29)24-20(25)14-8-13-19(21(26)30-15-17-9-4-2-5-10-17)23-22(27)31-16-18-11-6-3-7-12-18/h2-7,9-12,19H,8,13-16H2,1H3,(H,23,27)(H,24,25)/t19-/m0/s1. The molecule has 0 spiro atoms. The third kappa shape index (κ3) is 10.1. The minimum atomic E-state index is -3.66. The fraction of sp³-hybridized carbons (Fsp3) is 0.318. The van der Waals surface area contributed by atoms with Crippen LogP contribution in [0.2, 0.25) is 0 Å². The number of benzene rings is 2. The van der Waals surface area contributed by atoms with Crippen LogP contribution in [0.3, 0.4) is 0 Å². The predicted octanol–water partition coefficient (Wildman–Crippen LogP) is 2.27. The van der Waals surface area contributed by atoms with Gasteiger partial charge in [0.05, 0.1) is 6.26 Å². The average Bonchev–Trinajstić information content (AvgIpc) is 2.75. The molecule has 2 amide bonds. The predicted molar refractivity (Wildman–Crippen MR) is 117 cm³/mol. The van der Waals surface area contributed by atoms with Crippen molar-refractivity contribution in [2.24, 2.45) is 0 Å². The minimum Gasteiger partial charge on any atom is -0.459 e. The Labute approximate surface area is 187 Å². The van der Waals surface area contributed by atoms with Crippen molar-refractivity contribution in [3.63, 3.8) is 0 Å². The number of carbonyl (C=O) groups excluding carboxylic acids is 3. The number of sulfonamides is 1. The highest BCUT2D eigenvalue weighted by Gasteiger charge is 2.23.